The first-order valence-corrected chi connectivity index (χ1v) is 12.6. The zero-order valence-electron chi connectivity index (χ0n) is 20.5. The molecule has 8 nitrogen and oxygen atoms in total. The van der Waals surface area contributed by atoms with Crippen LogP contribution >= 0.6 is 0 Å². The number of rotatable bonds is 8. The van der Waals surface area contributed by atoms with Gasteiger partial charge in [-0.3, -0.25) is 23.5 Å². The highest BCUT2D eigenvalue weighted by molar-refractivity contribution is 5.80. The smallest absolute Gasteiger partial charge is 0.263 e. The van der Waals surface area contributed by atoms with Crippen molar-refractivity contribution in [3.05, 3.63) is 76.1 Å². The molecule has 1 atom stereocenters. The third kappa shape index (κ3) is 5.02. The third-order valence-electron chi connectivity index (χ3n) is 7.07. The Morgan fingerprint density at radius 2 is 1.92 bits per heavy atom. The Morgan fingerprint density at radius 3 is 2.72 bits per heavy atom. The molecule has 2 aromatic heterocycles. The number of aryl methyl sites for hydroxylation is 1. The molecule has 9 heteroatoms. The fraction of sp³-hybridized carbons (Fsp3) is 0.407. The number of hydrogen-bond donors (Lipinski definition) is 1. The van der Waals surface area contributed by atoms with Crippen LogP contribution in [0.1, 0.15) is 44.0 Å². The largest absolute Gasteiger partial charge is 0.355 e. The number of aromatic nitrogens is 4. The maximum Gasteiger partial charge on any atom is 0.263 e. The van der Waals surface area contributed by atoms with Crippen LogP contribution in [-0.4, -0.2) is 55.6 Å². The standard InChI is InChI=1S/C27H31FN6O2/c1-19-6-4-5-16-32(19)17-15-29-25(35)14-13-24-30-31-27-33(18-20-9-11-21(28)12-10-20)26(36)22-7-2-3-8-23(22)34(24)27/h2-3,7-12,19H,4-6,13-18H2,1H3,(H,29,35)/t19-/m0/s1. The number of amides is 1. The molecular weight excluding hydrogens is 459 g/mol. The third-order valence-corrected chi connectivity index (χ3v) is 7.07. The average Bonchev–Trinajstić information content (AvgIpc) is 3.31. The van der Waals surface area contributed by atoms with E-state index in [4.69, 9.17) is 0 Å². The fourth-order valence-electron chi connectivity index (χ4n) is 5.03. The Balaban J connectivity index is 1.35. The van der Waals surface area contributed by atoms with E-state index in [-0.39, 0.29) is 30.2 Å². The number of hydrogen-bond acceptors (Lipinski definition) is 5. The van der Waals surface area contributed by atoms with E-state index in [0.29, 0.717) is 41.5 Å². The van der Waals surface area contributed by atoms with E-state index in [9.17, 15) is 14.0 Å². The quantitative estimate of drug-likeness (QED) is 0.410. The first-order valence-electron chi connectivity index (χ1n) is 12.6. The molecule has 0 aliphatic carbocycles. The predicted molar refractivity (Wildman–Crippen MR) is 136 cm³/mol. The molecule has 0 spiro atoms. The number of carbonyl (C=O) groups is 1. The molecule has 1 fully saturated rings. The van der Waals surface area contributed by atoms with E-state index < -0.39 is 0 Å². The summed E-state index contributed by atoms with van der Waals surface area (Å²) in [6.07, 6.45) is 4.39. The first kappa shape index (κ1) is 24.1. The van der Waals surface area contributed by atoms with Crippen molar-refractivity contribution < 1.29 is 9.18 Å². The van der Waals surface area contributed by atoms with Crippen LogP contribution in [0.15, 0.2) is 53.3 Å². The molecule has 1 aliphatic heterocycles. The molecule has 5 rings (SSSR count). The van der Waals surface area contributed by atoms with Crippen LogP contribution in [-0.2, 0) is 17.8 Å². The van der Waals surface area contributed by atoms with Crippen molar-refractivity contribution in [2.45, 2.75) is 51.6 Å². The topological polar surface area (TPSA) is 84.5 Å². The molecule has 3 heterocycles. The number of halogens is 1. The molecule has 4 aromatic rings. The van der Waals surface area contributed by atoms with Crippen LogP contribution < -0.4 is 10.9 Å². The normalized spacial score (nSPS) is 16.6. The summed E-state index contributed by atoms with van der Waals surface area (Å²) in [5.41, 5.74) is 1.29. The highest BCUT2D eigenvalue weighted by atomic mass is 19.1. The Kier molecular flexibility index (Phi) is 7.09. The van der Waals surface area contributed by atoms with Crippen molar-refractivity contribution in [2.24, 2.45) is 0 Å². The lowest BCUT2D eigenvalue weighted by atomic mass is 10.0. The van der Waals surface area contributed by atoms with Gasteiger partial charge in [0.2, 0.25) is 11.7 Å². The molecule has 1 saturated heterocycles. The summed E-state index contributed by atoms with van der Waals surface area (Å²) in [6.45, 7) is 5.07. The Labute approximate surface area is 208 Å². The van der Waals surface area contributed by atoms with Crippen molar-refractivity contribution in [3.63, 3.8) is 0 Å². The molecule has 1 N–H and O–H groups in total. The van der Waals surface area contributed by atoms with Gasteiger partial charge in [0.05, 0.1) is 17.4 Å². The number of para-hydroxylation sites is 1. The van der Waals surface area contributed by atoms with Gasteiger partial charge in [0, 0.05) is 32.0 Å². The van der Waals surface area contributed by atoms with Gasteiger partial charge in [-0.2, -0.15) is 0 Å². The van der Waals surface area contributed by atoms with Gasteiger partial charge in [-0.1, -0.05) is 30.7 Å². The van der Waals surface area contributed by atoms with Crippen molar-refractivity contribution in [1.82, 2.24) is 29.4 Å². The maximum atomic E-state index is 13.4. The number of likely N-dealkylation sites (tertiary alicyclic amines) is 1. The fourth-order valence-corrected chi connectivity index (χ4v) is 5.03. The first-order chi connectivity index (χ1) is 17.5. The van der Waals surface area contributed by atoms with Crippen LogP contribution in [0.4, 0.5) is 4.39 Å². The van der Waals surface area contributed by atoms with Crippen molar-refractivity contribution in [1.29, 1.82) is 0 Å². The summed E-state index contributed by atoms with van der Waals surface area (Å²) < 4.78 is 16.8. The van der Waals surface area contributed by atoms with Gasteiger partial charge in [-0.15, -0.1) is 10.2 Å². The Bertz CT molecular complexity index is 1430. The maximum absolute atomic E-state index is 13.4. The molecular formula is C27H31FN6O2. The number of carbonyl (C=O) groups excluding carboxylic acids is 1. The van der Waals surface area contributed by atoms with Crippen LogP contribution in [0.2, 0.25) is 0 Å². The molecule has 0 saturated carbocycles. The number of nitrogens with one attached hydrogen (secondary N) is 1. The second kappa shape index (κ2) is 10.6. The zero-order valence-corrected chi connectivity index (χ0v) is 20.5. The van der Waals surface area contributed by atoms with E-state index in [1.807, 2.05) is 22.6 Å². The van der Waals surface area contributed by atoms with E-state index in [1.165, 1.54) is 31.4 Å². The molecule has 0 bridgehead atoms. The minimum Gasteiger partial charge on any atom is -0.355 e. The summed E-state index contributed by atoms with van der Waals surface area (Å²) in [6, 6.07) is 13.9. The van der Waals surface area contributed by atoms with E-state index in [1.54, 1.807) is 22.8 Å². The van der Waals surface area contributed by atoms with E-state index >= 15 is 0 Å². The minimum atomic E-state index is -0.330. The lowest BCUT2D eigenvalue weighted by Crippen LogP contribution is -2.42. The molecule has 1 amide bonds. The molecule has 1 aliphatic rings. The molecule has 0 unspecified atom stereocenters. The van der Waals surface area contributed by atoms with Crippen molar-refractivity contribution in [2.75, 3.05) is 19.6 Å². The summed E-state index contributed by atoms with van der Waals surface area (Å²) in [5, 5.41) is 12.2. The van der Waals surface area contributed by atoms with Gasteiger partial charge in [0.15, 0.2) is 0 Å². The van der Waals surface area contributed by atoms with Gasteiger partial charge in [-0.25, -0.2) is 4.39 Å². The van der Waals surface area contributed by atoms with Crippen LogP contribution in [0.5, 0.6) is 0 Å². The number of piperidine rings is 1. The second-order valence-corrected chi connectivity index (χ2v) is 9.52. The summed E-state index contributed by atoms with van der Waals surface area (Å²) in [5.74, 6) is 0.662. The van der Waals surface area contributed by atoms with Crippen molar-refractivity contribution >= 4 is 22.6 Å². The molecule has 36 heavy (non-hydrogen) atoms. The Hall–Kier alpha value is -3.59. The summed E-state index contributed by atoms with van der Waals surface area (Å²) in [7, 11) is 0. The predicted octanol–water partition coefficient (Wildman–Crippen LogP) is 3.15. The number of fused-ring (bicyclic) bond motifs is 3. The van der Waals surface area contributed by atoms with Gasteiger partial charge >= 0.3 is 0 Å². The van der Waals surface area contributed by atoms with Crippen LogP contribution in [0.25, 0.3) is 16.7 Å². The SMILES string of the molecule is C[C@H]1CCCCN1CCNC(=O)CCc1nnc2n(Cc3ccc(F)cc3)c(=O)c3ccccc3n12. The van der Waals surface area contributed by atoms with Crippen molar-refractivity contribution in [3.8, 4) is 0 Å². The van der Waals surface area contributed by atoms with Crippen LogP contribution in [0, 0.1) is 5.82 Å². The van der Waals surface area contributed by atoms with Gasteiger partial charge in [-0.05, 0) is 56.1 Å². The number of benzene rings is 2. The Morgan fingerprint density at radius 1 is 1.11 bits per heavy atom. The van der Waals surface area contributed by atoms with Gasteiger partial charge in [0.25, 0.3) is 5.56 Å². The summed E-state index contributed by atoms with van der Waals surface area (Å²) >= 11 is 0. The van der Waals surface area contributed by atoms with Gasteiger partial charge < -0.3 is 5.32 Å². The lowest BCUT2D eigenvalue weighted by molar-refractivity contribution is -0.121. The number of nitrogens with zero attached hydrogens (tertiary/aromatic N) is 5. The van der Waals surface area contributed by atoms with E-state index in [0.717, 1.165) is 18.7 Å². The zero-order chi connectivity index (χ0) is 25.1. The molecule has 0 radical (unpaired) electrons. The van der Waals surface area contributed by atoms with E-state index in [2.05, 4.69) is 27.3 Å². The van der Waals surface area contributed by atoms with Crippen LogP contribution in [0.3, 0.4) is 0 Å². The van der Waals surface area contributed by atoms with Gasteiger partial charge in [0.1, 0.15) is 11.6 Å². The molecule has 2 aromatic carbocycles. The average molecular weight is 491 g/mol. The highest BCUT2D eigenvalue weighted by Crippen LogP contribution is 2.17. The second-order valence-electron chi connectivity index (χ2n) is 9.52. The minimum absolute atomic E-state index is 0.0275. The lowest BCUT2D eigenvalue weighted by Gasteiger charge is -2.33. The monoisotopic (exact) mass is 490 g/mol. The molecule has 188 valence electrons. The highest BCUT2D eigenvalue weighted by Gasteiger charge is 2.19. The summed E-state index contributed by atoms with van der Waals surface area (Å²) in [4.78, 5) is 28.3.